The van der Waals surface area contributed by atoms with Crippen molar-refractivity contribution in [3.05, 3.63) is 35.1 Å². The molecule has 1 unspecified atom stereocenters. The minimum absolute atomic E-state index is 0.106. The number of nitrogens with zero attached hydrogens (tertiary/aromatic N) is 1. The van der Waals surface area contributed by atoms with E-state index in [0.29, 0.717) is 6.04 Å². The molecule has 1 N–H and O–H groups in total. The first kappa shape index (κ1) is 14.5. The van der Waals surface area contributed by atoms with Gasteiger partial charge in [-0.1, -0.05) is 19.1 Å². The van der Waals surface area contributed by atoms with Gasteiger partial charge in [0.2, 0.25) is 0 Å². The smallest absolute Gasteiger partial charge is 0.126 e. The van der Waals surface area contributed by atoms with Gasteiger partial charge in [-0.05, 0) is 56.5 Å². The van der Waals surface area contributed by atoms with Crippen molar-refractivity contribution in [2.45, 2.75) is 45.7 Å². The van der Waals surface area contributed by atoms with E-state index in [9.17, 15) is 4.39 Å². The zero-order valence-electron chi connectivity index (χ0n) is 12.1. The minimum atomic E-state index is -0.106. The largest absolute Gasteiger partial charge is 0.315 e. The summed E-state index contributed by atoms with van der Waals surface area (Å²) >= 11 is 0. The van der Waals surface area contributed by atoms with Gasteiger partial charge >= 0.3 is 0 Å². The van der Waals surface area contributed by atoms with E-state index in [1.807, 2.05) is 19.1 Å². The Bertz CT molecular complexity index is 400. The number of hydrogen-bond donors (Lipinski definition) is 1. The Morgan fingerprint density at radius 2 is 2.26 bits per heavy atom. The third-order valence-corrected chi connectivity index (χ3v) is 3.91. The van der Waals surface area contributed by atoms with Crippen molar-refractivity contribution in [3.8, 4) is 0 Å². The average molecular weight is 264 g/mol. The standard InChI is InChI=1S/C16H25FN2/c1-3-9-19(15-5-4-8-18-11-15)12-14-6-7-16(17)13(2)10-14/h6-7,10,15,18H,3-5,8-9,11-12H2,1-2H3. The lowest BCUT2D eigenvalue weighted by Crippen LogP contribution is -2.45. The highest BCUT2D eigenvalue weighted by Gasteiger charge is 2.20. The second-order valence-corrected chi connectivity index (χ2v) is 5.55. The molecule has 1 saturated heterocycles. The van der Waals surface area contributed by atoms with Gasteiger partial charge in [-0.15, -0.1) is 0 Å². The Hall–Kier alpha value is -0.930. The molecular formula is C16H25FN2. The van der Waals surface area contributed by atoms with E-state index in [1.165, 1.54) is 18.4 Å². The normalized spacial score (nSPS) is 19.9. The lowest BCUT2D eigenvalue weighted by molar-refractivity contribution is 0.158. The van der Waals surface area contributed by atoms with Crippen LogP contribution in [0, 0.1) is 12.7 Å². The summed E-state index contributed by atoms with van der Waals surface area (Å²) in [6, 6.07) is 6.11. The maximum Gasteiger partial charge on any atom is 0.126 e. The van der Waals surface area contributed by atoms with Crippen molar-refractivity contribution in [2.75, 3.05) is 19.6 Å². The van der Waals surface area contributed by atoms with E-state index in [1.54, 1.807) is 6.07 Å². The average Bonchev–Trinajstić information content (AvgIpc) is 2.43. The number of hydrogen-bond acceptors (Lipinski definition) is 2. The second kappa shape index (κ2) is 7.01. The summed E-state index contributed by atoms with van der Waals surface area (Å²) in [4.78, 5) is 2.54. The molecule has 1 aliphatic rings. The van der Waals surface area contributed by atoms with Gasteiger partial charge in [-0.3, -0.25) is 4.90 Å². The van der Waals surface area contributed by atoms with Crippen molar-refractivity contribution in [3.63, 3.8) is 0 Å². The highest BCUT2D eigenvalue weighted by atomic mass is 19.1. The Balaban J connectivity index is 2.04. The van der Waals surface area contributed by atoms with E-state index in [4.69, 9.17) is 0 Å². The molecule has 1 atom stereocenters. The molecule has 0 saturated carbocycles. The molecule has 3 heteroatoms. The topological polar surface area (TPSA) is 15.3 Å². The third-order valence-electron chi connectivity index (χ3n) is 3.91. The molecule has 19 heavy (non-hydrogen) atoms. The van der Waals surface area contributed by atoms with Crippen molar-refractivity contribution in [2.24, 2.45) is 0 Å². The van der Waals surface area contributed by atoms with E-state index in [-0.39, 0.29) is 5.82 Å². The number of piperidine rings is 1. The number of halogens is 1. The van der Waals surface area contributed by atoms with Crippen LogP contribution in [0.2, 0.25) is 0 Å². The number of rotatable bonds is 5. The van der Waals surface area contributed by atoms with Crippen molar-refractivity contribution in [1.82, 2.24) is 10.2 Å². The number of aryl methyl sites for hydroxylation is 1. The monoisotopic (exact) mass is 264 g/mol. The van der Waals surface area contributed by atoms with Crippen LogP contribution in [0.3, 0.4) is 0 Å². The van der Waals surface area contributed by atoms with Gasteiger partial charge in [0.25, 0.3) is 0 Å². The Kier molecular flexibility index (Phi) is 5.34. The molecule has 0 aliphatic carbocycles. The molecule has 1 aromatic rings. The van der Waals surface area contributed by atoms with Gasteiger partial charge in [0.1, 0.15) is 5.82 Å². The van der Waals surface area contributed by atoms with Gasteiger partial charge in [-0.25, -0.2) is 4.39 Å². The van der Waals surface area contributed by atoms with Crippen LogP contribution in [0.5, 0.6) is 0 Å². The molecule has 0 radical (unpaired) electrons. The maximum atomic E-state index is 13.3. The fourth-order valence-electron chi connectivity index (χ4n) is 2.86. The maximum absolute atomic E-state index is 13.3. The Morgan fingerprint density at radius 3 is 2.89 bits per heavy atom. The predicted octanol–water partition coefficient (Wildman–Crippen LogP) is 3.10. The van der Waals surface area contributed by atoms with Gasteiger partial charge in [0.15, 0.2) is 0 Å². The zero-order valence-corrected chi connectivity index (χ0v) is 12.1. The Morgan fingerprint density at radius 1 is 1.42 bits per heavy atom. The molecule has 1 fully saturated rings. The Labute approximate surface area is 116 Å². The highest BCUT2D eigenvalue weighted by molar-refractivity contribution is 5.23. The van der Waals surface area contributed by atoms with Gasteiger partial charge in [-0.2, -0.15) is 0 Å². The van der Waals surface area contributed by atoms with Crippen molar-refractivity contribution in [1.29, 1.82) is 0 Å². The summed E-state index contributed by atoms with van der Waals surface area (Å²) < 4.78 is 13.3. The summed E-state index contributed by atoms with van der Waals surface area (Å²) in [7, 11) is 0. The van der Waals surface area contributed by atoms with Crippen LogP contribution >= 0.6 is 0 Å². The first-order chi connectivity index (χ1) is 9.20. The van der Waals surface area contributed by atoms with Gasteiger partial charge < -0.3 is 5.32 Å². The molecule has 0 bridgehead atoms. The fourth-order valence-corrected chi connectivity index (χ4v) is 2.86. The molecule has 1 aromatic carbocycles. The van der Waals surface area contributed by atoms with E-state index in [0.717, 1.165) is 38.2 Å². The summed E-state index contributed by atoms with van der Waals surface area (Å²) in [6.45, 7) is 8.33. The van der Waals surface area contributed by atoms with E-state index < -0.39 is 0 Å². The summed E-state index contributed by atoms with van der Waals surface area (Å²) in [5.74, 6) is -0.106. The van der Waals surface area contributed by atoms with Crippen LogP contribution in [-0.4, -0.2) is 30.6 Å². The van der Waals surface area contributed by atoms with Crippen molar-refractivity contribution < 1.29 is 4.39 Å². The lowest BCUT2D eigenvalue weighted by atomic mass is 10.0. The summed E-state index contributed by atoms with van der Waals surface area (Å²) in [5.41, 5.74) is 1.97. The minimum Gasteiger partial charge on any atom is -0.315 e. The SMILES string of the molecule is CCCN(Cc1ccc(F)c(C)c1)C1CCCNC1. The van der Waals surface area contributed by atoms with Crippen LogP contribution in [0.15, 0.2) is 18.2 Å². The first-order valence-corrected chi connectivity index (χ1v) is 7.40. The highest BCUT2D eigenvalue weighted by Crippen LogP contribution is 2.17. The molecule has 2 rings (SSSR count). The van der Waals surface area contributed by atoms with E-state index in [2.05, 4.69) is 17.1 Å². The first-order valence-electron chi connectivity index (χ1n) is 7.40. The van der Waals surface area contributed by atoms with E-state index >= 15 is 0 Å². The molecule has 1 aliphatic heterocycles. The predicted molar refractivity (Wildman–Crippen MR) is 77.7 cm³/mol. The second-order valence-electron chi connectivity index (χ2n) is 5.55. The zero-order chi connectivity index (χ0) is 13.7. The molecule has 2 nitrogen and oxygen atoms in total. The molecular weight excluding hydrogens is 239 g/mol. The quantitative estimate of drug-likeness (QED) is 0.879. The molecule has 0 aromatic heterocycles. The van der Waals surface area contributed by atoms with Crippen molar-refractivity contribution >= 4 is 0 Å². The summed E-state index contributed by atoms with van der Waals surface area (Å²) in [6.07, 6.45) is 3.69. The van der Waals surface area contributed by atoms with Gasteiger partial charge in [0.05, 0.1) is 0 Å². The van der Waals surface area contributed by atoms with Crippen LogP contribution < -0.4 is 5.32 Å². The van der Waals surface area contributed by atoms with Crippen LogP contribution in [0.4, 0.5) is 4.39 Å². The third kappa shape index (κ3) is 4.02. The van der Waals surface area contributed by atoms with Crippen LogP contribution in [0.25, 0.3) is 0 Å². The molecule has 0 amide bonds. The lowest BCUT2D eigenvalue weighted by Gasteiger charge is -2.34. The molecule has 0 spiro atoms. The molecule has 106 valence electrons. The summed E-state index contributed by atoms with van der Waals surface area (Å²) in [5, 5.41) is 3.48. The van der Waals surface area contributed by atoms with Gasteiger partial charge in [0, 0.05) is 19.1 Å². The number of nitrogens with one attached hydrogen (secondary N) is 1. The van der Waals surface area contributed by atoms with Crippen LogP contribution in [0.1, 0.15) is 37.3 Å². The molecule has 1 heterocycles. The number of benzene rings is 1. The fraction of sp³-hybridized carbons (Fsp3) is 0.625. The van der Waals surface area contributed by atoms with Crippen LogP contribution in [-0.2, 0) is 6.54 Å².